The van der Waals surface area contributed by atoms with Gasteiger partial charge in [-0.2, -0.15) is 0 Å². The molecule has 2 aromatic carbocycles. The molecule has 2 fully saturated rings. The maximum Gasteiger partial charge on any atom is 0.409 e. The number of anilines is 2. The van der Waals surface area contributed by atoms with Crippen LogP contribution < -0.4 is 42.0 Å². The number of unbranched alkanes of at least 4 members (excludes halogenated alkanes) is 1. The number of rotatable bonds is 25. The van der Waals surface area contributed by atoms with Crippen LogP contribution in [0, 0.1) is 17.8 Å². The van der Waals surface area contributed by atoms with Crippen molar-refractivity contribution in [2.75, 3.05) is 55.7 Å². The first-order valence-electron chi connectivity index (χ1n) is 29.6. The third-order valence-electron chi connectivity index (χ3n) is 16.2. The van der Waals surface area contributed by atoms with Crippen LogP contribution in [0.4, 0.5) is 21.0 Å². The molecule has 5 rings (SSSR count). The summed E-state index contributed by atoms with van der Waals surface area (Å²) >= 11 is 13.5. The largest absolute Gasteiger partial charge is 0.495 e. The molecule has 0 aromatic heterocycles. The molecule has 492 valence electrons. The van der Waals surface area contributed by atoms with Crippen molar-refractivity contribution in [3.63, 3.8) is 0 Å². The van der Waals surface area contributed by atoms with Gasteiger partial charge in [0.15, 0.2) is 5.72 Å². The fourth-order valence-electron chi connectivity index (χ4n) is 10.5. The van der Waals surface area contributed by atoms with Gasteiger partial charge in [0.2, 0.25) is 23.6 Å². The van der Waals surface area contributed by atoms with E-state index >= 15 is 0 Å². The number of urea groups is 1. The van der Waals surface area contributed by atoms with E-state index in [0.29, 0.717) is 47.8 Å². The van der Waals surface area contributed by atoms with E-state index in [1.165, 1.54) is 64.4 Å². The number of benzene rings is 2. The molecule has 3 aliphatic rings. The van der Waals surface area contributed by atoms with Crippen LogP contribution in [0.15, 0.2) is 60.2 Å². The highest BCUT2D eigenvalue weighted by molar-refractivity contribution is 9.09. The number of epoxide rings is 1. The number of primary amides is 1. The van der Waals surface area contributed by atoms with E-state index in [0.717, 1.165) is 16.0 Å². The van der Waals surface area contributed by atoms with Gasteiger partial charge in [0.05, 0.1) is 31.2 Å². The number of carbonyl (C=O) groups is 9. The van der Waals surface area contributed by atoms with Crippen LogP contribution in [0.5, 0.6) is 5.75 Å². The van der Waals surface area contributed by atoms with E-state index in [9.17, 15) is 48.3 Å². The number of aliphatic hydroxyl groups is 1. The van der Waals surface area contributed by atoms with Gasteiger partial charge in [-0.25, -0.2) is 14.4 Å². The van der Waals surface area contributed by atoms with Crippen molar-refractivity contribution in [1.29, 1.82) is 0 Å². The van der Waals surface area contributed by atoms with E-state index < -0.39 is 119 Å². The Labute approximate surface area is 542 Å². The second-order valence-electron chi connectivity index (χ2n) is 24.1. The number of nitrogens with zero attached hydrogens (tertiary/aromatic N) is 2. The zero-order valence-electron chi connectivity index (χ0n) is 52.6. The fourth-order valence-corrected chi connectivity index (χ4v) is 12.5. The number of fused-ring (bicyclic) bond motifs is 5. The number of hydrogen-bond donors (Lipinski definition) is 7. The van der Waals surface area contributed by atoms with Gasteiger partial charge in [0.25, 0.3) is 5.91 Å². The summed E-state index contributed by atoms with van der Waals surface area (Å²) in [5.74, 6) is -5.07. The molecule has 0 aliphatic carbocycles. The normalized spacial score (nSPS) is 24.0. The van der Waals surface area contributed by atoms with Gasteiger partial charge in [-0.3, -0.25) is 34.1 Å². The number of likely N-dealkylation sites (N-methyl/N-ethyl adjacent to an activating group) is 1. The number of allylic oxidation sites excluding steroid dienone is 3. The number of alkyl halides is 2. The number of carbonyl (C=O) groups excluding carboxylic acids is 9. The molecule has 0 saturated carbocycles. The Hall–Kier alpha value is -6.32. The van der Waals surface area contributed by atoms with Gasteiger partial charge in [-0.15, -0.1) is 0 Å². The molecule has 4 bridgehead atoms. The number of amides is 8. The lowest BCUT2D eigenvalue weighted by molar-refractivity contribution is -0.161. The molecular formula is C62H87Br2ClN8O16. The third kappa shape index (κ3) is 20.1. The number of nitrogens with one attached hydrogen (secondary N) is 5. The highest BCUT2D eigenvalue weighted by Crippen LogP contribution is 2.49. The molecule has 27 heteroatoms. The molecule has 89 heavy (non-hydrogen) atoms. The number of hydrogen-bond acceptors (Lipinski definition) is 16. The standard InChI is InChI=1S/C62H87Br2ClN8O16/c1-34(2)51(70-48(74)20-13-14-25-60(6,7)89-57(80)40(32-63)33-64)54(77)69-42(18-16-26-67-58(66)81)53(76)68-41-23-21-39(22-24-41)55(78)72(9)37(5)56(79)87-47-30-49(75)73(10)43-28-38(29-44(84-11)50(43)65)27-35(3)17-15-19-46(85-12)62(83)31-45(86-59(82)71-62)36(4)52-61(47,8)88-52/h15,17,19,21-24,28-29,34,36-37,40,42,45-47,51-52,83H,13-14,16,18,20,25-27,30-33H2,1-12H3,(H,68,76)(H,69,77)(H,70,74)(H,71,82)(H3,66,67,81)/b19-15+,35-17+/t36-,37+,42+,45+,46-,47+,51+,52+,61+,62+/m1/s1. The van der Waals surface area contributed by atoms with Crippen molar-refractivity contribution < 1.29 is 76.7 Å². The van der Waals surface area contributed by atoms with Crippen molar-refractivity contribution in [2.45, 2.75) is 173 Å². The smallest absolute Gasteiger partial charge is 0.409 e. The van der Waals surface area contributed by atoms with Crippen LogP contribution in [0.1, 0.15) is 123 Å². The Morgan fingerprint density at radius 3 is 2.28 bits per heavy atom. The molecular weight excluding hydrogens is 1310 g/mol. The number of nitrogens with two attached hydrogens (primary N) is 1. The summed E-state index contributed by atoms with van der Waals surface area (Å²) in [4.78, 5) is 124. The minimum Gasteiger partial charge on any atom is -0.495 e. The molecule has 24 nitrogen and oxygen atoms in total. The Bertz CT molecular complexity index is 2950. The minimum atomic E-state index is -1.91. The van der Waals surface area contributed by atoms with E-state index in [4.69, 9.17) is 45.8 Å². The van der Waals surface area contributed by atoms with Crippen molar-refractivity contribution in [3.05, 3.63) is 76.3 Å². The molecule has 0 radical (unpaired) electrons. The third-order valence-corrected chi connectivity index (χ3v) is 18.2. The van der Waals surface area contributed by atoms with Gasteiger partial charge in [-0.05, 0) is 121 Å². The molecule has 8 amide bonds. The predicted octanol–water partition coefficient (Wildman–Crippen LogP) is 7.13. The van der Waals surface area contributed by atoms with Crippen LogP contribution in [0.25, 0.3) is 0 Å². The minimum absolute atomic E-state index is 0.0511. The summed E-state index contributed by atoms with van der Waals surface area (Å²) in [7, 11) is 5.78. The molecule has 0 spiro atoms. The summed E-state index contributed by atoms with van der Waals surface area (Å²) in [6.45, 7) is 14.0. The summed E-state index contributed by atoms with van der Waals surface area (Å²) < 4.78 is 35.3. The topological polar surface area (TPSA) is 325 Å². The zero-order chi connectivity index (χ0) is 66.3. The lowest BCUT2D eigenvalue weighted by Crippen LogP contribution is -2.63. The number of ether oxygens (including phenoxy) is 6. The number of methoxy groups -OCH3 is 2. The summed E-state index contributed by atoms with van der Waals surface area (Å²) in [5.41, 5.74) is 3.51. The number of alkyl carbamates (subject to hydrolysis) is 1. The molecule has 2 saturated heterocycles. The number of halogens is 3. The highest BCUT2D eigenvalue weighted by Gasteiger charge is 2.64. The first-order chi connectivity index (χ1) is 41.8. The van der Waals surface area contributed by atoms with Gasteiger partial charge >= 0.3 is 24.1 Å². The zero-order valence-corrected chi connectivity index (χ0v) is 56.6. The average molecular weight is 1400 g/mol. The SMILES string of the molecule is COc1cc2cc(c1Cl)N(C)C(=O)C[C@H](OC(=O)[C@H](C)N(C)C(=O)c1ccc(NC(=O)[C@H](CCCNC(N)=O)NC(=O)[C@@H](NC(=O)CCCCC(C)(C)OC(=O)C(CBr)CBr)C(C)C)cc1)[C@]1(C)O[C@H]1[C@H](C)[C@@H]1C[C@@](O)(NC(=O)O1)[C@H](OC)/C=C/C=C(\C)C2. The van der Waals surface area contributed by atoms with Crippen LogP contribution in [-0.2, 0) is 58.9 Å². The Balaban J connectivity index is 1.30. The quantitative estimate of drug-likeness (QED) is 0.0171. The van der Waals surface area contributed by atoms with Crippen LogP contribution >= 0.6 is 43.5 Å². The van der Waals surface area contributed by atoms with Gasteiger partial charge < -0.3 is 70.3 Å². The Kier molecular flexibility index (Phi) is 26.9. The molecule has 8 N–H and O–H groups in total. The molecule has 0 unspecified atom stereocenters. The van der Waals surface area contributed by atoms with Crippen molar-refractivity contribution in [2.24, 2.45) is 23.5 Å². The van der Waals surface area contributed by atoms with Gasteiger partial charge in [0, 0.05) is 68.4 Å². The van der Waals surface area contributed by atoms with Crippen molar-refractivity contribution >= 4 is 108 Å². The molecule has 2 aromatic rings. The Morgan fingerprint density at radius 1 is 0.989 bits per heavy atom. The van der Waals surface area contributed by atoms with Crippen molar-refractivity contribution in [3.8, 4) is 5.75 Å². The summed E-state index contributed by atoms with van der Waals surface area (Å²) in [5, 5.41) is 26.3. The average Bonchev–Trinajstić information content (AvgIpc) is 1.59. The second kappa shape index (κ2) is 32.6. The monoisotopic (exact) mass is 1390 g/mol. The summed E-state index contributed by atoms with van der Waals surface area (Å²) in [6.07, 6.45) is 1.94. The van der Waals surface area contributed by atoms with Crippen LogP contribution in [-0.4, -0.2) is 169 Å². The molecule has 10 atom stereocenters. The highest BCUT2D eigenvalue weighted by atomic mass is 79.9. The molecule has 3 heterocycles. The van der Waals surface area contributed by atoms with E-state index in [1.807, 2.05) is 26.8 Å². The maximum absolute atomic E-state index is 14.5. The first kappa shape index (κ1) is 73.4. The number of esters is 2. The van der Waals surface area contributed by atoms with E-state index in [2.05, 4.69) is 58.4 Å². The van der Waals surface area contributed by atoms with E-state index in [-0.39, 0.29) is 66.3 Å². The van der Waals surface area contributed by atoms with E-state index in [1.54, 1.807) is 52.0 Å². The second-order valence-corrected chi connectivity index (χ2v) is 25.7. The predicted molar refractivity (Wildman–Crippen MR) is 341 cm³/mol. The lowest BCUT2D eigenvalue weighted by atomic mass is 9.83. The maximum atomic E-state index is 14.5. The van der Waals surface area contributed by atoms with Gasteiger partial charge in [-0.1, -0.05) is 88.0 Å². The molecule has 3 aliphatic heterocycles. The fraction of sp³-hybridized carbons (Fsp3) is 0.597. The lowest BCUT2D eigenvalue weighted by Gasteiger charge is -2.42. The Morgan fingerprint density at radius 2 is 1.66 bits per heavy atom. The van der Waals surface area contributed by atoms with Crippen LogP contribution in [0.2, 0.25) is 5.02 Å². The summed E-state index contributed by atoms with van der Waals surface area (Å²) in [6, 6.07) is 5.07. The van der Waals surface area contributed by atoms with Crippen LogP contribution in [0.3, 0.4) is 0 Å². The van der Waals surface area contributed by atoms with Crippen molar-refractivity contribution in [1.82, 2.24) is 26.2 Å². The first-order valence-corrected chi connectivity index (χ1v) is 32.2. The van der Waals surface area contributed by atoms with Gasteiger partial charge in [0.1, 0.15) is 58.4 Å².